The highest BCUT2D eigenvalue weighted by atomic mass is 79.9. The lowest BCUT2D eigenvalue weighted by Gasteiger charge is -2.21. The van der Waals surface area contributed by atoms with Crippen LogP contribution in [0.2, 0.25) is 5.02 Å². The molecule has 1 aliphatic heterocycles. The number of hydrogen-bond acceptors (Lipinski definition) is 3. The zero-order chi connectivity index (χ0) is 12.5. The predicted octanol–water partition coefficient (Wildman–Crippen LogP) is 2.16. The first-order chi connectivity index (χ1) is 8.01. The topological polar surface area (TPSA) is 64.4 Å². The fraction of sp³-hybridized carbons (Fsp3) is 0.364. The van der Waals surface area contributed by atoms with Crippen LogP contribution in [0.1, 0.15) is 6.42 Å². The number of carbonyl (C=O) groups is 1. The molecule has 17 heavy (non-hydrogen) atoms. The SMILES string of the molecule is NC1(C(=O)Nc2ccc(Cl)cc2Br)CCOC1. The van der Waals surface area contributed by atoms with Gasteiger partial charge in [-0.05, 0) is 40.5 Å². The lowest BCUT2D eigenvalue weighted by molar-refractivity contribution is -0.121. The zero-order valence-corrected chi connectivity index (χ0v) is 11.3. The lowest BCUT2D eigenvalue weighted by Crippen LogP contribution is -2.51. The van der Waals surface area contributed by atoms with E-state index < -0.39 is 5.54 Å². The van der Waals surface area contributed by atoms with Crippen LogP contribution in [0, 0.1) is 0 Å². The molecule has 4 nitrogen and oxygen atoms in total. The van der Waals surface area contributed by atoms with Gasteiger partial charge in [-0.15, -0.1) is 0 Å². The second kappa shape index (κ2) is 4.94. The van der Waals surface area contributed by atoms with Gasteiger partial charge in [0.05, 0.1) is 12.3 Å². The summed E-state index contributed by atoms with van der Waals surface area (Å²) in [5.74, 6) is -0.238. The van der Waals surface area contributed by atoms with Gasteiger partial charge in [-0.25, -0.2) is 0 Å². The molecule has 1 fully saturated rings. The van der Waals surface area contributed by atoms with Gasteiger partial charge in [0.25, 0.3) is 0 Å². The number of nitrogens with two attached hydrogens (primary N) is 1. The number of amides is 1. The molecule has 3 N–H and O–H groups in total. The standard InChI is InChI=1S/C11H12BrClN2O2/c12-8-5-7(13)1-2-9(8)15-10(16)11(14)3-4-17-6-11/h1-2,5H,3-4,6,14H2,(H,15,16). The highest BCUT2D eigenvalue weighted by molar-refractivity contribution is 9.10. The largest absolute Gasteiger partial charge is 0.379 e. The molecule has 1 aliphatic rings. The Labute approximate surface area is 113 Å². The molecule has 1 atom stereocenters. The van der Waals surface area contributed by atoms with E-state index >= 15 is 0 Å². The van der Waals surface area contributed by atoms with Crippen molar-refractivity contribution in [2.24, 2.45) is 5.73 Å². The summed E-state index contributed by atoms with van der Waals surface area (Å²) < 4.78 is 5.87. The van der Waals surface area contributed by atoms with Crippen LogP contribution >= 0.6 is 27.5 Å². The number of benzene rings is 1. The highest BCUT2D eigenvalue weighted by Crippen LogP contribution is 2.27. The van der Waals surface area contributed by atoms with E-state index in [2.05, 4.69) is 21.2 Å². The van der Waals surface area contributed by atoms with Gasteiger partial charge in [-0.2, -0.15) is 0 Å². The summed E-state index contributed by atoms with van der Waals surface area (Å²) in [5.41, 5.74) is 5.67. The molecule has 1 aromatic carbocycles. The van der Waals surface area contributed by atoms with Crippen molar-refractivity contribution in [3.05, 3.63) is 27.7 Å². The van der Waals surface area contributed by atoms with Crippen molar-refractivity contribution in [2.75, 3.05) is 18.5 Å². The summed E-state index contributed by atoms with van der Waals surface area (Å²) in [6.45, 7) is 0.774. The average molecular weight is 320 g/mol. The smallest absolute Gasteiger partial charge is 0.246 e. The molecule has 0 spiro atoms. The summed E-state index contributed by atoms with van der Waals surface area (Å²) in [4.78, 5) is 12.0. The van der Waals surface area contributed by atoms with Gasteiger partial charge >= 0.3 is 0 Å². The van der Waals surface area contributed by atoms with E-state index in [1.165, 1.54) is 0 Å². The van der Waals surface area contributed by atoms with E-state index in [1.54, 1.807) is 18.2 Å². The summed E-state index contributed by atoms with van der Waals surface area (Å²) in [7, 11) is 0. The van der Waals surface area contributed by atoms with Crippen molar-refractivity contribution in [3.8, 4) is 0 Å². The fourth-order valence-electron chi connectivity index (χ4n) is 1.60. The number of carbonyl (C=O) groups excluding carboxylic acids is 1. The molecule has 2 rings (SSSR count). The minimum absolute atomic E-state index is 0.238. The second-order valence-electron chi connectivity index (χ2n) is 4.04. The number of nitrogens with one attached hydrogen (secondary N) is 1. The third kappa shape index (κ3) is 2.80. The molecular formula is C11H12BrClN2O2. The van der Waals surface area contributed by atoms with Crippen molar-refractivity contribution in [3.63, 3.8) is 0 Å². The molecule has 0 aromatic heterocycles. The minimum Gasteiger partial charge on any atom is -0.379 e. The van der Waals surface area contributed by atoms with Crippen LogP contribution in [-0.4, -0.2) is 24.7 Å². The maximum Gasteiger partial charge on any atom is 0.246 e. The van der Waals surface area contributed by atoms with E-state index in [0.29, 0.717) is 23.7 Å². The number of hydrogen-bond donors (Lipinski definition) is 2. The van der Waals surface area contributed by atoms with Crippen molar-refractivity contribution >= 4 is 39.1 Å². The van der Waals surface area contributed by atoms with Gasteiger partial charge in [-0.3, -0.25) is 4.79 Å². The first-order valence-corrected chi connectivity index (χ1v) is 6.31. The van der Waals surface area contributed by atoms with E-state index in [9.17, 15) is 4.79 Å². The van der Waals surface area contributed by atoms with Crippen molar-refractivity contribution in [1.82, 2.24) is 0 Å². The maximum absolute atomic E-state index is 12.0. The Bertz CT molecular complexity index is 447. The van der Waals surface area contributed by atoms with Crippen molar-refractivity contribution in [1.29, 1.82) is 0 Å². The van der Waals surface area contributed by atoms with E-state index in [1.807, 2.05) is 0 Å². The van der Waals surface area contributed by atoms with Gasteiger partial charge in [0.15, 0.2) is 0 Å². The molecule has 1 heterocycles. The Balaban J connectivity index is 2.13. The van der Waals surface area contributed by atoms with Gasteiger partial charge in [0, 0.05) is 16.1 Å². The molecule has 0 bridgehead atoms. The van der Waals surface area contributed by atoms with Crippen LogP contribution < -0.4 is 11.1 Å². The van der Waals surface area contributed by atoms with Gasteiger partial charge in [0.1, 0.15) is 5.54 Å². The monoisotopic (exact) mass is 318 g/mol. The quantitative estimate of drug-likeness (QED) is 0.878. The molecule has 1 unspecified atom stereocenters. The highest BCUT2D eigenvalue weighted by Gasteiger charge is 2.38. The summed E-state index contributed by atoms with van der Waals surface area (Å²) in [5, 5.41) is 3.37. The normalized spacial score (nSPS) is 23.7. The van der Waals surface area contributed by atoms with Crippen LogP contribution in [0.4, 0.5) is 5.69 Å². The summed E-state index contributed by atoms with van der Waals surface area (Å²) in [6, 6.07) is 5.14. The van der Waals surface area contributed by atoms with Crippen molar-refractivity contribution in [2.45, 2.75) is 12.0 Å². The van der Waals surface area contributed by atoms with Crippen LogP contribution in [-0.2, 0) is 9.53 Å². The minimum atomic E-state index is -0.931. The van der Waals surface area contributed by atoms with Gasteiger partial charge in [-0.1, -0.05) is 11.6 Å². The Morgan fingerprint density at radius 3 is 2.94 bits per heavy atom. The molecule has 0 aliphatic carbocycles. The molecule has 6 heteroatoms. The van der Waals surface area contributed by atoms with Crippen LogP contribution in [0.15, 0.2) is 22.7 Å². The maximum atomic E-state index is 12.0. The summed E-state index contributed by atoms with van der Waals surface area (Å²) in [6.07, 6.45) is 0.532. The molecular weight excluding hydrogens is 307 g/mol. The average Bonchev–Trinajstić information content (AvgIpc) is 2.71. The second-order valence-corrected chi connectivity index (χ2v) is 5.33. The van der Waals surface area contributed by atoms with E-state index in [0.717, 1.165) is 4.47 Å². The third-order valence-corrected chi connectivity index (χ3v) is 3.57. The number of anilines is 1. The lowest BCUT2D eigenvalue weighted by atomic mass is 9.99. The number of ether oxygens (including phenoxy) is 1. The first-order valence-electron chi connectivity index (χ1n) is 5.14. The van der Waals surface area contributed by atoms with Gasteiger partial charge in [0.2, 0.25) is 5.91 Å². The Morgan fingerprint density at radius 1 is 1.59 bits per heavy atom. The van der Waals surface area contributed by atoms with Crippen molar-refractivity contribution < 1.29 is 9.53 Å². The third-order valence-electron chi connectivity index (χ3n) is 2.68. The molecule has 0 radical (unpaired) electrons. The first kappa shape index (κ1) is 12.8. The Kier molecular flexibility index (Phi) is 3.73. The molecule has 1 aromatic rings. The van der Waals surface area contributed by atoms with Gasteiger partial charge < -0.3 is 15.8 Å². The predicted molar refractivity (Wildman–Crippen MR) is 70.1 cm³/mol. The van der Waals surface area contributed by atoms with E-state index in [-0.39, 0.29) is 12.5 Å². The number of halogens is 2. The van der Waals surface area contributed by atoms with E-state index in [4.69, 9.17) is 22.1 Å². The van der Waals surface area contributed by atoms with Crippen LogP contribution in [0.5, 0.6) is 0 Å². The fourth-order valence-corrected chi connectivity index (χ4v) is 2.38. The zero-order valence-electron chi connectivity index (χ0n) is 9.00. The molecule has 0 saturated carbocycles. The number of rotatable bonds is 2. The molecule has 1 amide bonds. The van der Waals surface area contributed by atoms with Crippen LogP contribution in [0.25, 0.3) is 0 Å². The Hall–Kier alpha value is -0.620. The molecule has 92 valence electrons. The van der Waals surface area contributed by atoms with Crippen LogP contribution in [0.3, 0.4) is 0 Å². The summed E-state index contributed by atoms with van der Waals surface area (Å²) >= 11 is 9.15. The Morgan fingerprint density at radius 2 is 2.35 bits per heavy atom. The molecule has 1 saturated heterocycles.